The Morgan fingerprint density at radius 3 is 2.21 bits per heavy atom. The summed E-state index contributed by atoms with van der Waals surface area (Å²) in [6.07, 6.45) is 5.21. The molecule has 0 saturated heterocycles. The van der Waals surface area contributed by atoms with Gasteiger partial charge in [-0.05, 0) is 77.1 Å². The molecular weight excluding hydrogens is 357 g/mol. The Bertz CT molecular complexity index is 966. The molecule has 0 spiro atoms. The highest BCUT2D eigenvalue weighted by molar-refractivity contribution is 5.65. The average molecular weight is 380 g/mol. The van der Waals surface area contributed by atoms with Gasteiger partial charge in [0, 0.05) is 0 Å². The lowest BCUT2D eigenvalue weighted by Gasteiger charge is -2.26. The lowest BCUT2D eigenvalue weighted by atomic mass is 9.79. The van der Waals surface area contributed by atoms with E-state index in [0.717, 1.165) is 49.8 Å². The predicted molar refractivity (Wildman–Crippen MR) is 107 cm³/mol. The summed E-state index contributed by atoms with van der Waals surface area (Å²) in [5.41, 5.74) is 6.33. The first kappa shape index (κ1) is 18.8. The van der Waals surface area contributed by atoms with Gasteiger partial charge in [0.15, 0.2) is 17.5 Å². The van der Waals surface area contributed by atoms with Crippen LogP contribution in [0.25, 0.3) is 11.1 Å². The van der Waals surface area contributed by atoms with Crippen LogP contribution in [0.3, 0.4) is 0 Å². The molecule has 3 heteroatoms. The molecule has 0 heterocycles. The van der Waals surface area contributed by atoms with Crippen molar-refractivity contribution in [3.8, 4) is 11.1 Å². The summed E-state index contributed by atoms with van der Waals surface area (Å²) in [4.78, 5) is 0. The van der Waals surface area contributed by atoms with Gasteiger partial charge in [0.05, 0.1) is 0 Å². The van der Waals surface area contributed by atoms with E-state index < -0.39 is 17.5 Å². The van der Waals surface area contributed by atoms with E-state index in [1.54, 1.807) is 0 Å². The standard InChI is InChI=1S/C25H23F3/c1-2-3-16-4-6-17(7-5-16)18-8-9-20-13-21(11-10-19(20)12-18)22-14-23(26)25(28)24(27)15-22/h4-7,10-11,13-15,18H,2-3,8-9,12H2,1H3. The van der Waals surface area contributed by atoms with Gasteiger partial charge in [0.2, 0.25) is 0 Å². The third kappa shape index (κ3) is 3.71. The first-order valence-electron chi connectivity index (χ1n) is 9.90. The Morgan fingerprint density at radius 1 is 0.821 bits per heavy atom. The van der Waals surface area contributed by atoms with Crippen LogP contribution in [0.15, 0.2) is 54.6 Å². The maximum Gasteiger partial charge on any atom is 0.194 e. The predicted octanol–water partition coefficient (Wildman–Crippen LogP) is 7.00. The van der Waals surface area contributed by atoms with Gasteiger partial charge in [0.1, 0.15) is 0 Å². The normalized spacial score (nSPS) is 16.1. The van der Waals surface area contributed by atoms with E-state index in [0.29, 0.717) is 11.5 Å². The highest BCUT2D eigenvalue weighted by Gasteiger charge is 2.21. The van der Waals surface area contributed by atoms with Crippen molar-refractivity contribution in [2.45, 2.75) is 44.9 Å². The first-order chi connectivity index (χ1) is 13.5. The molecule has 0 aromatic heterocycles. The Labute approximate surface area is 164 Å². The molecule has 0 aliphatic heterocycles. The average Bonchev–Trinajstić information content (AvgIpc) is 2.71. The van der Waals surface area contributed by atoms with Crippen LogP contribution in [0.4, 0.5) is 13.2 Å². The summed E-state index contributed by atoms with van der Waals surface area (Å²) in [5, 5.41) is 0. The summed E-state index contributed by atoms with van der Waals surface area (Å²) in [7, 11) is 0. The SMILES string of the molecule is CCCc1ccc(C2CCc3cc(-c4cc(F)c(F)c(F)c4)ccc3C2)cc1. The molecule has 3 aromatic carbocycles. The fourth-order valence-corrected chi connectivity index (χ4v) is 4.19. The van der Waals surface area contributed by atoms with Crippen molar-refractivity contribution in [3.63, 3.8) is 0 Å². The van der Waals surface area contributed by atoms with Crippen LogP contribution in [-0.4, -0.2) is 0 Å². The summed E-state index contributed by atoms with van der Waals surface area (Å²) in [6, 6.07) is 17.0. The highest BCUT2D eigenvalue weighted by Crippen LogP contribution is 2.35. The Hall–Kier alpha value is -2.55. The minimum Gasteiger partial charge on any atom is -0.204 e. The third-order valence-electron chi connectivity index (χ3n) is 5.74. The summed E-state index contributed by atoms with van der Waals surface area (Å²) < 4.78 is 40.4. The molecule has 1 atom stereocenters. The van der Waals surface area contributed by atoms with E-state index in [-0.39, 0.29) is 0 Å². The third-order valence-corrected chi connectivity index (χ3v) is 5.74. The topological polar surface area (TPSA) is 0 Å². The van der Waals surface area contributed by atoms with Crippen LogP contribution in [0.2, 0.25) is 0 Å². The van der Waals surface area contributed by atoms with Crippen LogP contribution >= 0.6 is 0 Å². The van der Waals surface area contributed by atoms with Crippen molar-refractivity contribution in [2.24, 2.45) is 0 Å². The lowest BCUT2D eigenvalue weighted by Crippen LogP contribution is -2.13. The summed E-state index contributed by atoms with van der Waals surface area (Å²) in [6.45, 7) is 2.19. The van der Waals surface area contributed by atoms with Crippen molar-refractivity contribution in [1.29, 1.82) is 0 Å². The van der Waals surface area contributed by atoms with Gasteiger partial charge in [-0.3, -0.25) is 0 Å². The quantitative estimate of drug-likeness (QED) is 0.428. The van der Waals surface area contributed by atoms with E-state index in [9.17, 15) is 13.2 Å². The fraction of sp³-hybridized carbons (Fsp3) is 0.280. The minimum absolute atomic E-state index is 0.368. The highest BCUT2D eigenvalue weighted by atomic mass is 19.2. The lowest BCUT2D eigenvalue weighted by molar-refractivity contribution is 0.447. The van der Waals surface area contributed by atoms with Gasteiger partial charge in [-0.2, -0.15) is 0 Å². The number of hydrogen-bond donors (Lipinski definition) is 0. The Morgan fingerprint density at radius 2 is 1.54 bits per heavy atom. The van der Waals surface area contributed by atoms with Crippen LogP contribution in [0, 0.1) is 17.5 Å². The number of aryl methyl sites for hydroxylation is 2. The molecule has 0 N–H and O–H groups in total. The van der Waals surface area contributed by atoms with Gasteiger partial charge < -0.3 is 0 Å². The van der Waals surface area contributed by atoms with Crippen LogP contribution < -0.4 is 0 Å². The molecule has 0 nitrogen and oxygen atoms in total. The summed E-state index contributed by atoms with van der Waals surface area (Å²) >= 11 is 0. The van der Waals surface area contributed by atoms with Crippen molar-refractivity contribution in [1.82, 2.24) is 0 Å². The number of rotatable bonds is 4. The van der Waals surface area contributed by atoms with Crippen molar-refractivity contribution in [2.75, 3.05) is 0 Å². The fourth-order valence-electron chi connectivity index (χ4n) is 4.19. The zero-order chi connectivity index (χ0) is 19.7. The largest absolute Gasteiger partial charge is 0.204 e. The van der Waals surface area contributed by atoms with Gasteiger partial charge in [-0.15, -0.1) is 0 Å². The van der Waals surface area contributed by atoms with E-state index in [1.807, 2.05) is 18.2 Å². The molecule has 28 heavy (non-hydrogen) atoms. The maximum atomic E-state index is 13.6. The molecule has 0 radical (unpaired) electrons. The van der Waals surface area contributed by atoms with Gasteiger partial charge in [-0.25, -0.2) is 13.2 Å². The van der Waals surface area contributed by atoms with Gasteiger partial charge in [-0.1, -0.05) is 55.8 Å². The zero-order valence-electron chi connectivity index (χ0n) is 15.9. The van der Waals surface area contributed by atoms with Gasteiger partial charge in [0.25, 0.3) is 0 Å². The van der Waals surface area contributed by atoms with Crippen molar-refractivity contribution >= 4 is 0 Å². The molecule has 0 bridgehead atoms. The van der Waals surface area contributed by atoms with Crippen LogP contribution in [0.1, 0.15) is 47.9 Å². The second kappa shape index (κ2) is 7.83. The van der Waals surface area contributed by atoms with Crippen molar-refractivity contribution in [3.05, 3.63) is 94.3 Å². The van der Waals surface area contributed by atoms with E-state index >= 15 is 0 Å². The molecule has 1 unspecified atom stereocenters. The van der Waals surface area contributed by atoms with Gasteiger partial charge >= 0.3 is 0 Å². The number of hydrogen-bond acceptors (Lipinski definition) is 0. The Kier molecular flexibility index (Phi) is 5.25. The second-order valence-electron chi connectivity index (χ2n) is 7.67. The first-order valence-corrected chi connectivity index (χ1v) is 9.90. The zero-order valence-corrected chi connectivity index (χ0v) is 15.9. The number of halogens is 3. The molecule has 144 valence electrons. The van der Waals surface area contributed by atoms with E-state index in [2.05, 4.69) is 31.2 Å². The molecule has 0 saturated carbocycles. The molecule has 1 aliphatic rings. The molecule has 3 aromatic rings. The summed E-state index contributed by atoms with van der Waals surface area (Å²) in [5.74, 6) is -3.23. The smallest absolute Gasteiger partial charge is 0.194 e. The molecule has 0 fully saturated rings. The second-order valence-corrected chi connectivity index (χ2v) is 7.67. The number of benzene rings is 3. The van der Waals surface area contributed by atoms with Crippen LogP contribution in [-0.2, 0) is 19.3 Å². The molecule has 0 amide bonds. The van der Waals surface area contributed by atoms with E-state index in [1.165, 1.54) is 22.3 Å². The van der Waals surface area contributed by atoms with Crippen LogP contribution in [0.5, 0.6) is 0 Å². The minimum atomic E-state index is -1.42. The monoisotopic (exact) mass is 380 g/mol. The van der Waals surface area contributed by atoms with E-state index in [4.69, 9.17) is 0 Å². The Balaban J connectivity index is 1.56. The molecule has 1 aliphatic carbocycles. The van der Waals surface area contributed by atoms with Crippen molar-refractivity contribution < 1.29 is 13.2 Å². The number of fused-ring (bicyclic) bond motifs is 1. The maximum absolute atomic E-state index is 13.6. The molecular formula is C25H23F3. The molecule has 4 rings (SSSR count).